The second-order valence-corrected chi connectivity index (χ2v) is 4.97. The minimum atomic E-state index is -5.38. The fourth-order valence-electron chi connectivity index (χ4n) is 0.508. The minimum Gasteiger partial charge on any atom is -0.264 e. The highest BCUT2D eigenvalue weighted by Crippen LogP contribution is 2.35. The Bertz CT molecular complexity index is 435. The highest BCUT2D eigenvalue weighted by molar-refractivity contribution is 7.81. The smallest absolute Gasteiger partial charge is 0.264 e. The van der Waals surface area contributed by atoms with Crippen LogP contribution in [0.25, 0.3) is 0 Å². The van der Waals surface area contributed by atoms with Crippen LogP contribution in [-0.4, -0.2) is 51.0 Å². The van der Waals surface area contributed by atoms with Crippen molar-refractivity contribution in [3.8, 4) is 0 Å². The zero-order chi connectivity index (χ0) is 14.8. The molecule has 0 rings (SSSR count). The first-order valence-corrected chi connectivity index (χ1v) is 6.39. The largest absolute Gasteiger partial charge is 0.397 e. The molecule has 0 saturated carbocycles. The molecule has 0 bridgehead atoms. The lowest BCUT2D eigenvalue weighted by molar-refractivity contribution is -0.232. The molecule has 0 unspecified atom stereocenters. The molecule has 0 radical (unpaired) electrons. The van der Waals surface area contributed by atoms with Gasteiger partial charge in [0.25, 0.3) is 0 Å². The Balaban J connectivity index is 4.75. The van der Waals surface area contributed by atoms with Crippen molar-refractivity contribution < 1.29 is 51.9 Å². The minimum absolute atomic E-state index is 2.45. The fourth-order valence-corrected chi connectivity index (χ4v) is 1.10. The molecule has 0 fully saturated rings. The van der Waals surface area contributed by atoms with Gasteiger partial charge in [0, 0.05) is 0 Å². The van der Waals surface area contributed by atoms with Crippen LogP contribution in [-0.2, 0) is 29.2 Å². The summed E-state index contributed by atoms with van der Waals surface area (Å²) in [6.45, 7) is -4.90. The van der Waals surface area contributed by atoms with E-state index in [1.54, 1.807) is 0 Å². The van der Waals surface area contributed by atoms with Crippen LogP contribution in [0.15, 0.2) is 0 Å². The van der Waals surface area contributed by atoms with E-state index in [2.05, 4.69) is 8.37 Å². The van der Waals surface area contributed by atoms with Gasteiger partial charge in [0.1, 0.15) is 13.2 Å². The van der Waals surface area contributed by atoms with Gasteiger partial charge in [-0.3, -0.25) is 9.11 Å². The van der Waals surface area contributed by atoms with Crippen LogP contribution >= 0.6 is 0 Å². The van der Waals surface area contributed by atoms with Gasteiger partial charge in [0.05, 0.1) is 0 Å². The van der Waals surface area contributed by atoms with Crippen LogP contribution in [0.5, 0.6) is 0 Å². The first-order valence-electron chi connectivity index (χ1n) is 3.66. The maximum absolute atomic E-state index is 12.7. The Labute approximate surface area is 98.4 Å². The molecule has 0 aliphatic rings. The summed E-state index contributed by atoms with van der Waals surface area (Å²) in [6.07, 6.45) is 0. The summed E-state index contributed by atoms with van der Waals surface area (Å²) in [7, 11) is -10.8. The van der Waals surface area contributed by atoms with Crippen molar-refractivity contribution in [2.75, 3.05) is 13.2 Å². The number of halogens is 4. The Morgan fingerprint density at radius 3 is 1.17 bits per heavy atom. The van der Waals surface area contributed by atoms with Crippen LogP contribution in [0.3, 0.4) is 0 Å². The SMILES string of the molecule is O=S(=O)(O)OCC(F)(F)C(F)(F)COS(=O)(=O)O. The van der Waals surface area contributed by atoms with Crippen molar-refractivity contribution >= 4 is 20.8 Å². The quantitative estimate of drug-likeness (QED) is 0.491. The van der Waals surface area contributed by atoms with Crippen LogP contribution in [0.2, 0.25) is 0 Å². The summed E-state index contributed by atoms with van der Waals surface area (Å²) in [5.74, 6) is -10.3. The maximum Gasteiger partial charge on any atom is 0.397 e. The lowest BCUT2D eigenvalue weighted by atomic mass is 10.2. The molecule has 8 nitrogen and oxygen atoms in total. The van der Waals surface area contributed by atoms with Crippen molar-refractivity contribution in [3.05, 3.63) is 0 Å². The molecule has 0 amide bonds. The Hall–Kier alpha value is -0.540. The molecular weight excluding hydrogens is 316 g/mol. The predicted octanol–water partition coefficient (Wildman–Crippen LogP) is -0.104. The summed E-state index contributed by atoms with van der Waals surface area (Å²) >= 11 is 0. The molecule has 0 spiro atoms. The van der Waals surface area contributed by atoms with Crippen molar-refractivity contribution in [1.29, 1.82) is 0 Å². The first kappa shape index (κ1) is 17.5. The molecule has 110 valence electrons. The van der Waals surface area contributed by atoms with Gasteiger partial charge in [-0.1, -0.05) is 0 Å². The van der Waals surface area contributed by atoms with Crippen molar-refractivity contribution in [3.63, 3.8) is 0 Å². The van der Waals surface area contributed by atoms with E-state index in [1.165, 1.54) is 0 Å². The van der Waals surface area contributed by atoms with E-state index in [1.807, 2.05) is 0 Å². The number of alkyl halides is 4. The number of hydrogen-bond acceptors (Lipinski definition) is 6. The van der Waals surface area contributed by atoms with Gasteiger partial charge < -0.3 is 0 Å². The normalized spacial score (nSPS) is 14.8. The van der Waals surface area contributed by atoms with Crippen molar-refractivity contribution in [1.82, 2.24) is 0 Å². The van der Waals surface area contributed by atoms with E-state index in [9.17, 15) is 34.4 Å². The molecule has 0 heterocycles. The summed E-state index contributed by atoms with van der Waals surface area (Å²) < 4.78 is 112. The molecule has 0 atom stereocenters. The highest BCUT2D eigenvalue weighted by Gasteiger charge is 2.58. The Morgan fingerprint density at radius 2 is 1.00 bits per heavy atom. The van der Waals surface area contributed by atoms with Gasteiger partial charge in [-0.15, -0.1) is 0 Å². The molecule has 18 heavy (non-hydrogen) atoms. The lowest BCUT2D eigenvalue weighted by Crippen LogP contribution is -2.48. The summed E-state index contributed by atoms with van der Waals surface area (Å²) in [5, 5.41) is 0. The second kappa shape index (κ2) is 5.22. The Kier molecular flexibility index (Phi) is 5.06. The van der Waals surface area contributed by atoms with Gasteiger partial charge in [-0.2, -0.15) is 34.4 Å². The molecule has 0 aromatic carbocycles. The van der Waals surface area contributed by atoms with Crippen molar-refractivity contribution in [2.45, 2.75) is 11.8 Å². The zero-order valence-corrected chi connectivity index (χ0v) is 9.72. The average Bonchev–Trinajstić information content (AvgIpc) is 2.10. The first-order chi connectivity index (χ1) is 7.66. The fraction of sp³-hybridized carbons (Fsp3) is 1.00. The molecule has 0 saturated heterocycles. The summed E-state index contributed by atoms with van der Waals surface area (Å²) in [5.41, 5.74) is 0. The topological polar surface area (TPSA) is 127 Å². The van der Waals surface area contributed by atoms with Gasteiger partial charge >= 0.3 is 32.6 Å². The van der Waals surface area contributed by atoms with E-state index in [0.29, 0.717) is 0 Å². The van der Waals surface area contributed by atoms with E-state index >= 15 is 0 Å². The summed E-state index contributed by atoms with van der Waals surface area (Å²) in [4.78, 5) is 0. The van der Waals surface area contributed by atoms with Crippen LogP contribution < -0.4 is 0 Å². The third kappa shape index (κ3) is 6.41. The van der Waals surface area contributed by atoms with E-state index in [4.69, 9.17) is 9.11 Å². The molecule has 0 aromatic heterocycles. The molecule has 2 N–H and O–H groups in total. The second-order valence-electron chi connectivity index (χ2n) is 2.79. The molecule has 0 aromatic rings. The number of rotatable bonds is 7. The molecular formula is C4H6F4O8S2. The van der Waals surface area contributed by atoms with Crippen molar-refractivity contribution in [2.24, 2.45) is 0 Å². The Morgan fingerprint density at radius 1 is 0.778 bits per heavy atom. The average molecular weight is 322 g/mol. The summed E-state index contributed by atoms with van der Waals surface area (Å²) in [6, 6.07) is 0. The van der Waals surface area contributed by atoms with E-state index < -0.39 is 45.9 Å². The molecule has 0 aliphatic heterocycles. The van der Waals surface area contributed by atoms with E-state index in [0.717, 1.165) is 0 Å². The molecule has 14 heteroatoms. The van der Waals surface area contributed by atoms with Crippen LogP contribution in [0.1, 0.15) is 0 Å². The zero-order valence-electron chi connectivity index (χ0n) is 8.09. The highest BCUT2D eigenvalue weighted by atomic mass is 32.3. The van der Waals surface area contributed by atoms with Gasteiger partial charge in [-0.25, -0.2) is 8.37 Å². The monoisotopic (exact) mass is 322 g/mol. The van der Waals surface area contributed by atoms with Gasteiger partial charge in [0.15, 0.2) is 0 Å². The van der Waals surface area contributed by atoms with Crippen LogP contribution in [0.4, 0.5) is 17.6 Å². The van der Waals surface area contributed by atoms with Gasteiger partial charge in [-0.05, 0) is 0 Å². The van der Waals surface area contributed by atoms with Gasteiger partial charge in [0.2, 0.25) is 0 Å². The molecule has 0 aliphatic carbocycles. The lowest BCUT2D eigenvalue weighted by Gasteiger charge is -2.24. The predicted molar refractivity (Wildman–Crippen MR) is 44.9 cm³/mol. The van der Waals surface area contributed by atoms with E-state index in [-0.39, 0.29) is 0 Å². The van der Waals surface area contributed by atoms with Crippen LogP contribution in [0, 0.1) is 0 Å². The third-order valence-corrected chi connectivity index (χ3v) is 2.14. The number of hydrogen-bond donors (Lipinski definition) is 2. The third-order valence-electron chi connectivity index (χ3n) is 1.31. The standard InChI is InChI=1S/C4H6F4O8S2/c5-3(6,1-15-17(9,10)11)4(7,8)2-16-18(12,13)14/h1-2H2,(H,9,10,11)(H,12,13,14). The maximum atomic E-state index is 12.7.